The fourth-order valence-corrected chi connectivity index (χ4v) is 4.42. The maximum Gasteiger partial charge on any atom is 0.294 e. The number of piperidine rings is 1. The van der Waals surface area contributed by atoms with Crippen LogP contribution in [-0.4, -0.2) is 52.3 Å². The summed E-state index contributed by atoms with van der Waals surface area (Å²) < 4.78 is 5.80. The summed E-state index contributed by atoms with van der Waals surface area (Å²) in [5.41, 5.74) is 1.41. The molecule has 0 radical (unpaired) electrons. The van der Waals surface area contributed by atoms with E-state index in [1.807, 2.05) is 0 Å². The lowest BCUT2D eigenvalue weighted by Crippen LogP contribution is -2.44. The van der Waals surface area contributed by atoms with Crippen molar-refractivity contribution < 1.29 is 23.6 Å². The Kier molecular flexibility index (Phi) is 6.08. The molecule has 2 saturated heterocycles. The zero-order valence-corrected chi connectivity index (χ0v) is 17.9. The normalized spacial score (nSPS) is 18.2. The molecule has 8 heteroatoms. The Balaban J connectivity index is 1.45. The van der Waals surface area contributed by atoms with Gasteiger partial charge in [-0.1, -0.05) is 24.3 Å². The zero-order valence-electron chi connectivity index (χ0n) is 17.1. The van der Waals surface area contributed by atoms with Gasteiger partial charge in [-0.2, -0.15) is 0 Å². The van der Waals surface area contributed by atoms with Gasteiger partial charge in [0, 0.05) is 30.3 Å². The highest BCUT2D eigenvalue weighted by molar-refractivity contribution is 8.18. The van der Waals surface area contributed by atoms with Crippen LogP contribution in [0.25, 0.3) is 17.4 Å². The van der Waals surface area contributed by atoms with E-state index in [-0.39, 0.29) is 23.1 Å². The average Bonchev–Trinajstić information content (AvgIpc) is 3.35. The predicted molar refractivity (Wildman–Crippen MR) is 117 cm³/mol. The van der Waals surface area contributed by atoms with E-state index in [0.717, 1.165) is 41.5 Å². The zero-order chi connectivity index (χ0) is 22.0. The van der Waals surface area contributed by atoms with Crippen molar-refractivity contribution in [1.29, 1.82) is 0 Å². The van der Waals surface area contributed by atoms with E-state index in [0.29, 0.717) is 30.2 Å². The van der Waals surface area contributed by atoms with Gasteiger partial charge in [-0.15, -0.1) is 0 Å². The second-order valence-corrected chi connectivity index (χ2v) is 8.54. The second-order valence-electron chi connectivity index (χ2n) is 7.54. The van der Waals surface area contributed by atoms with Gasteiger partial charge in [0.15, 0.2) is 5.78 Å². The molecular formula is C23H22N2O5S. The number of nitrogens with zero attached hydrogens (tertiary/aromatic N) is 2. The molecule has 0 spiro atoms. The third-order valence-corrected chi connectivity index (χ3v) is 6.26. The van der Waals surface area contributed by atoms with Gasteiger partial charge in [-0.05, 0) is 50.1 Å². The maximum atomic E-state index is 12.7. The number of hydrogen-bond donors (Lipinski definition) is 0. The van der Waals surface area contributed by atoms with E-state index >= 15 is 0 Å². The van der Waals surface area contributed by atoms with Gasteiger partial charge in [0.25, 0.3) is 11.1 Å². The number of carbonyl (C=O) groups excluding carboxylic acids is 4. The van der Waals surface area contributed by atoms with E-state index in [2.05, 4.69) is 0 Å². The van der Waals surface area contributed by atoms with Gasteiger partial charge >= 0.3 is 0 Å². The molecule has 2 aromatic rings. The van der Waals surface area contributed by atoms with Crippen LogP contribution in [0, 0.1) is 0 Å². The summed E-state index contributed by atoms with van der Waals surface area (Å²) in [6, 6.07) is 10.5. The number of ketones is 1. The van der Waals surface area contributed by atoms with Crippen LogP contribution in [0.5, 0.6) is 0 Å². The highest BCUT2D eigenvalue weighted by Crippen LogP contribution is 2.33. The molecular weight excluding hydrogens is 416 g/mol. The number of carbonyl (C=O) groups is 4. The lowest BCUT2D eigenvalue weighted by molar-refractivity contribution is -0.136. The number of furan rings is 1. The number of benzene rings is 1. The smallest absolute Gasteiger partial charge is 0.294 e. The monoisotopic (exact) mass is 438 g/mol. The summed E-state index contributed by atoms with van der Waals surface area (Å²) in [5, 5.41) is -0.451. The Bertz CT molecular complexity index is 1060. The van der Waals surface area contributed by atoms with Gasteiger partial charge in [-0.25, -0.2) is 0 Å². The standard InChI is InChI=1S/C23H22N2O5S/c1-15(26)16-5-7-17(8-6-16)19-10-9-18(30-19)13-20-22(28)25(23(29)31-20)14-21(27)24-11-3-2-4-12-24/h5-10,13H,2-4,11-12,14H2,1H3/b20-13+. The minimum absolute atomic E-state index is 0.0128. The Hall–Kier alpha value is -3.13. The van der Waals surface area contributed by atoms with Crippen molar-refractivity contribution in [2.45, 2.75) is 26.2 Å². The number of thioether (sulfide) groups is 1. The predicted octanol–water partition coefficient (Wildman–Crippen LogP) is 4.20. The largest absolute Gasteiger partial charge is 0.457 e. The molecule has 3 heterocycles. The number of Topliss-reactive ketones (excluding diaryl/α,β-unsaturated/α-hetero) is 1. The maximum absolute atomic E-state index is 12.7. The van der Waals surface area contributed by atoms with E-state index in [1.54, 1.807) is 41.3 Å². The highest BCUT2D eigenvalue weighted by Gasteiger charge is 2.37. The van der Waals surface area contributed by atoms with Crippen LogP contribution in [0.4, 0.5) is 4.79 Å². The molecule has 1 aromatic carbocycles. The van der Waals surface area contributed by atoms with Crippen LogP contribution in [0.3, 0.4) is 0 Å². The summed E-state index contributed by atoms with van der Waals surface area (Å²) in [7, 11) is 0. The van der Waals surface area contributed by atoms with Gasteiger partial charge in [0.1, 0.15) is 18.1 Å². The lowest BCUT2D eigenvalue weighted by atomic mass is 10.1. The van der Waals surface area contributed by atoms with Crippen molar-refractivity contribution in [1.82, 2.24) is 9.80 Å². The van der Waals surface area contributed by atoms with Gasteiger partial charge in [-0.3, -0.25) is 24.1 Å². The van der Waals surface area contributed by atoms with Crippen molar-refractivity contribution in [3.8, 4) is 11.3 Å². The second kappa shape index (κ2) is 8.93. The molecule has 2 aliphatic heterocycles. The molecule has 0 atom stereocenters. The topological polar surface area (TPSA) is 87.9 Å². The fraction of sp³-hybridized carbons (Fsp3) is 0.304. The van der Waals surface area contributed by atoms with Crippen molar-refractivity contribution in [3.05, 3.63) is 52.6 Å². The van der Waals surface area contributed by atoms with Crippen LogP contribution < -0.4 is 0 Å². The third kappa shape index (κ3) is 4.64. The number of hydrogen-bond acceptors (Lipinski definition) is 6. The SMILES string of the molecule is CC(=O)c1ccc(-c2ccc(/C=C3/SC(=O)N(CC(=O)N4CCCCC4)C3=O)o2)cc1. The van der Waals surface area contributed by atoms with Gasteiger partial charge in [0.05, 0.1) is 4.91 Å². The summed E-state index contributed by atoms with van der Waals surface area (Å²) >= 11 is 0.806. The average molecular weight is 439 g/mol. The molecule has 1 aromatic heterocycles. The Morgan fingerprint density at radius 3 is 2.42 bits per heavy atom. The molecule has 0 aliphatic carbocycles. The number of rotatable bonds is 5. The minimum atomic E-state index is -0.482. The summed E-state index contributed by atoms with van der Waals surface area (Å²) in [5.74, 6) is 0.321. The van der Waals surface area contributed by atoms with Gasteiger partial charge < -0.3 is 9.32 Å². The highest BCUT2D eigenvalue weighted by atomic mass is 32.2. The number of amides is 3. The van der Waals surface area contributed by atoms with Crippen LogP contribution in [0.15, 0.2) is 45.7 Å². The summed E-state index contributed by atoms with van der Waals surface area (Å²) in [6.45, 7) is 2.63. The quantitative estimate of drug-likeness (QED) is 0.514. The first-order valence-corrected chi connectivity index (χ1v) is 11.0. The molecule has 0 unspecified atom stereocenters. The van der Waals surface area contributed by atoms with Crippen molar-refractivity contribution >= 4 is 40.7 Å². The third-order valence-electron chi connectivity index (χ3n) is 5.35. The molecule has 31 heavy (non-hydrogen) atoms. The van der Waals surface area contributed by atoms with E-state index in [4.69, 9.17) is 4.42 Å². The van der Waals surface area contributed by atoms with Crippen molar-refractivity contribution in [3.63, 3.8) is 0 Å². The summed E-state index contributed by atoms with van der Waals surface area (Å²) in [6.07, 6.45) is 4.52. The fourth-order valence-electron chi connectivity index (χ4n) is 3.60. The number of imide groups is 1. The van der Waals surface area contributed by atoms with Crippen molar-refractivity contribution in [2.75, 3.05) is 19.6 Å². The Morgan fingerprint density at radius 2 is 1.74 bits per heavy atom. The van der Waals surface area contributed by atoms with Gasteiger partial charge in [0.2, 0.25) is 5.91 Å². The molecule has 3 amide bonds. The molecule has 0 bridgehead atoms. The van der Waals surface area contributed by atoms with E-state index in [9.17, 15) is 19.2 Å². The molecule has 4 rings (SSSR count). The summed E-state index contributed by atoms with van der Waals surface area (Å²) in [4.78, 5) is 51.8. The Labute approximate surface area is 184 Å². The first-order valence-electron chi connectivity index (χ1n) is 10.2. The molecule has 0 N–H and O–H groups in total. The minimum Gasteiger partial charge on any atom is -0.457 e. The first-order chi connectivity index (χ1) is 14.9. The van der Waals surface area contributed by atoms with Crippen LogP contribution in [0.2, 0.25) is 0 Å². The first kappa shape index (κ1) is 21.1. The van der Waals surface area contributed by atoms with E-state index in [1.165, 1.54) is 13.0 Å². The number of likely N-dealkylation sites (tertiary alicyclic amines) is 1. The molecule has 2 fully saturated rings. The Morgan fingerprint density at radius 1 is 1.03 bits per heavy atom. The lowest BCUT2D eigenvalue weighted by Gasteiger charge is -2.27. The van der Waals surface area contributed by atoms with Crippen LogP contribution >= 0.6 is 11.8 Å². The molecule has 160 valence electrons. The molecule has 0 saturated carbocycles. The van der Waals surface area contributed by atoms with Crippen LogP contribution in [-0.2, 0) is 9.59 Å². The molecule has 7 nitrogen and oxygen atoms in total. The van der Waals surface area contributed by atoms with E-state index < -0.39 is 11.1 Å². The van der Waals surface area contributed by atoms with Crippen LogP contribution in [0.1, 0.15) is 42.3 Å². The molecule has 2 aliphatic rings. The van der Waals surface area contributed by atoms with Crippen molar-refractivity contribution in [2.24, 2.45) is 0 Å².